The Morgan fingerprint density at radius 2 is 2.11 bits per heavy atom. The van der Waals surface area contributed by atoms with Crippen LogP contribution in [0.15, 0.2) is 39.2 Å². The fourth-order valence-electron chi connectivity index (χ4n) is 4.87. The van der Waals surface area contributed by atoms with Crippen molar-refractivity contribution in [1.82, 2.24) is 14.9 Å². The van der Waals surface area contributed by atoms with Gasteiger partial charge in [0.05, 0.1) is 5.39 Å². The van der Waals surface area contributed by atoms with Gasteiger partial charge < -0.3 is 10.4 Å². The highest BCUT2D eigenvalue weighted by atomic mass is 79.9. The third-order valence-electron chi connectivity index (χ3n) is 6.17. The Labute approximate surface area is 176 Å². The van der Waals surface area contributed by atoms with E-state index in [-0.39, 0.29) is 34.3 Å². The van der Waals surface area contributed by atoms with Crippen LogP contribution in [0.3, 0.4) is 0 Å². The lowest BCUT2D eigenvalue weighted by Crippen LogP contribution is -2.37. The number of aromatic hydroxyl groups is 1. The summed E-state index contributed by atoms with van der Waals surface area (Å²) in [7, 11) is 0. The highest BCUT2D eigenvalue weighted by Gasteiger charge is 2.40. The van der Waals surface area contributed by atoms with Crippen LogP contribution in [0.2, 0.25) is 0 Å². The van der Waals surface area contributed by atoms with Gasteiger partial charge in [0.15, 0.2) is 0 Å². The predicted octanol–water partition coefficient (Wildman–Crippen LogP) is 2.74. The first kappa shape index (κ1) is 19.4. The van der Waals surface area contributed by atoms with Crippen LogP contribution in [-0.2, 0) is 13.0 Å². The summed E-state index contributed by atoms with van der Waals surface area (Å²) < 4.78 is 1.32. The molecule has 148 valence electrons. The van der Waals surface area contributed by atoms with Gasteiger partial charge in [0.25, 0.3) is 5.56 Å². The van der Waals surface area contributed by atoms with Crippen molar-refractivity contribution in [3.05, 3.63) is 61.6 Å². The summed E-state index contributed by atoms with van der Waals surface area (Å²) in [4.78, 5) is 28.4. The fourth-order valence-corrected chi connectivity index (χ4v) is 5.64. The predicted molar refractivity (Wildman–Crippen MR) is 116 cm³/mol. The van der Waals surface area contributed by atoms with Crippen molar-refractivity contribution in [2.45, 2.75) is 37.8 Å². The SMILES string of the molecule is Br.O=c1[nH]c2sccc2c(=O)n1CCC1NCC2CCc3c(O)cccc3C21. The van der Waals surface area contributed by atoms with Gasteiger partial charge in [0.2, 0.25) is 0 Å². The Bertz CT molecular complexity index is 1140. The minimum atomic E-state index is -0.341. The van der Waals surface area contributed by atoms with Gasteiger partial charge in [-0.25, -0.2) is 4.79 Å². The van der Waals surface area contributed by atoms with E-state index in [1.54, 1.807) is 12.1 Å². The van der Waals surface area contributed by atoms with Gasteiger partial charge in [0.1, 0.15) is 10.6 Å². The molecule has 3 N–H and O–H groups in total. The van der Waals surface area contributed by atoms with Crippen LogP contribution in [0, 0.1) is 5.92 Å². The Morgan fingerprint density at radius 3 is 2.96 bits per heavy atom. The second-order valence-electron chi connectivity index (χ2n) is 7.52. The number of benzene rings is 1. The quantitative estimate of drug-likeness (QED) is 0.557. The Balaban J connectivity index is 0.00000192. The number of nitrogens with one attached hydrogen (secondary N) is 2. The monoisotopic (exact) mass is 463 g/mol. The number of thiophene rings is 1. The second-order valence-corrected chi connectivity index (χ2v) is 8.44. The van der Waals surface area contributed by atoms with Crippen molar-refractivity contribution in [2.24, 2.45) is 5.92 Å². The summed E-state index contributed by atoms with van der Waals surface area (Å²) in [6, 6.07) is 7.73. The number of H-pyrrole nitrogens is 1. The molecule has 5 rings (SSSR count). The lowest BCUT2D eigenvalue weighted by atomic mass is 9.73. The molecule has 1 saturated heterocycles. The number of rotatable bonds is 3. The molecule has 0 amide bonds. The average molecular weight is 464 g/mol. The van der Waals surface area contributed by atoms with E-state index in [1.165, 1.54) is 21.5 Å². The standard InChI is InChI=1S/C20H21N3O3S.BrH/c24-16-3-1-2-13-12(16)5-4-11-10-21-15(17(11)13)6-8-23-19(25)14-7-9-27-18(14)22-20(23)26;/h1-3,7,9,11,15,17,21,24H,4-6,8,10H2,(H,22,26);1H. The van der Waals surface area contributed by atoms with Gasteiger partial charge in [-0.3, -0.25) is 14.3 Å². The van der Waals surface area contributed by atoms with Crippen LogP contribution in [-0.4, -0.2) is 27.2 Å². The van der Waals surface area contributed by atoms with Gasteiger partial charge in [-0.15, -0.1) is 28.3 Å². The topological polar surface area (TPSA) is 87.1 Å². The zero-order chi connectivity index (χ0) is 18.5. The molecule has 2 aliphatic rings. The number of hydrogen-bond acceptors (Lipinski definition) is 5. The molecule has 1 fully saturated rings. The number of phenols is 1. The molecule has 1 aliphatic heterocycles. The maximum Gasteiger partial charge on any atom is 0.329 e. The second kappa shape index (κ2) is 7.50. The largest absolute Gasteiger partial charge is 0.508 e. The third kappa shape index (κ3) is 3.03. The number of phenolic OH excluding ortho intramolecular Hbond substituents is 1. The zero-order valence-electron chi connectivity index (χ0n) is 15.2. The maximum atomic E-state index is 12.6. The van der Waals surface area contributed by atoms with E-state index in [4.69, 9.17) is 0 Å². The lowest BCUT2D eigenvalue weighted by Gasteiger charge is -2.31. The van der Waals surface area contributed by atoms with Gasteiger partial charge in [-0.05, 0) is 60.4 Å². The fraction of sp³-hybridized carbons (Fsp3) is 0.400. The smallest absolute Gasteiger partial charge is 0.329 e. The number of halogens is 1. The molecule has 3 aromatic rings. The normalized spacial score (nSPS) is 23.2. The minimum absolute atomic E-state index is 0. The van der Waals surface area contributed by atoms with Crippen LogP contribution < -0.4 is 16.6 Å². The van der Waals surface area contributed by atoms with Crippen molar-refractivity contribution in [1.29, 1.82) is 0 Å². The van der Waals surface area contributed by atoms with E-state index < -0.39 is 0 Å². The molecule has 0 radical (unpaired) electrons. The number of nitrogens with zero attached hydrogens (tertiary/aromatic N) is 1. The summed E-state index contributed by atoms with van der Waals surface area (Å²) in [5.41, 5.74) is 1.72. The van der Waals surface area contributed by atoms with Gasteiger partial charge in [0, 0.05) is 18.5 Å². The Kier molecular flexibility index (Phi) is 5.20. The molecule has 3 heterocycles. The molecule has 1 aliphatic carbocycles. The molecule has 28 heavy (non-hydrogen) atoms. The molecule has 0 saturated carbocycles. The summed E-state index contributed by atoms with van der Waals surface area (Å²) in [6.07, 6.45) is 2.67. The van der Waals surface area contributed by atoms with Crippen LogP contribution >= 0.6 is 28.3 Å². The Morgan fingerprint density at radius 1 is 1.25 bits per heavy atom. The van der Waals surface area contributed by atoms with Crippen LogP contribution in [0.25, 0.3) is 10.2 Å². The van der Waals surface area contributed by atoms with E-state index >= 15 is 0 Å². The molecule has 0 spiro atoms. The molecule has 2 aromatic heterocycles. The summed E-state index contributed by atoms with van der Waals surface area (Å²) in [5.74, 6) is 1.24. The molecular formula is C20H22BrN3O3S. The highest BCUT2D eigenvalue weighted by Crippen LogP contribution is 2.44. The summed E-state index contributed by atoms with van der Waals surface area (Å²) in [6.45, 7) is 1.33. The first-order chi connectivity index (χ1) is 13.1. The van der Waals surface area contributed by atoms with Crippen molar-refractivity contribution < 1.29 is 5.11 Å². The number of hydrogen-bond donors (Lipinski definition) is 3. The molecule has 1 aromatic carbocycles. The molecule has 0 bridgehead atoms. The van der Waals surface area contributed by atoms with Gasteiger partial charge in [-0.1, -0.05) is 12.1 Å². The molecule has 3 atom stereocenters. The van der Waals surface area contributed by atoms with Gasteiger partial charge in [-0.2, -0.15) is 0 Å². The number of aromatic amines is 1. The van der Waals surface area contributed by atoms with E-state index in [0.717, 1.165) is 24.9 Å². The number of aromatic nitrogens is 2. The van der Waals surface area contributed by atoms with Crippen molar-refractivity contribution >= 4 is 38.5 Å². The Hall–Kier alpha value is -1.90. The van der Waals surface area contributed by atoms with E-state index in [0.29, 0.717) is 40.8 Å². The van der Waals surface area contributed by atoms with Crippen LogP contribution in [0.1, 0.15) is 29.9 Å². The average Bonchev–Trinajstić information content (AvgIpc) is 3.29. The number of fused-ring (bicyclic) bond motifs is 4. The lowest BCUT2D eigenvalue weighted by molar-refractivity contribution is 0.381. The first-order valence-electron chi connectivity index (χ1n) is 9.38. The van der Waals surface area contributed by atoms with Crippen molar-refractivity contribution in [3.8, 4) is 5.75 Å². The zero-order valence-corrected chi connectivity index (χ0v) is 17.7. The first-order valence-corrected chi connectivity index (χ1v) is 10.3. The molecular weight excluding hydrogens is 442 g/mol. The van der Waals surface area contributed by atoms with Crippen LogP contribution in [0.5, 0.6) is 5.75 Å². The van der Waals surface area contributed by atoms with Crippen LogP contribution in [0.4, 0.5) is 0 Å². The van der Waals surface area contributed by atoms with E-state index in [2.05, 4.69) is 16.4 Å². The molecule has 3 unspecified atom stereocenters. The third-order valence-corrected chi connectivity index (χ3v) is 7.00. The van der Waals surface area contributed by atoms with Crippen molar-refractivity contribution in [3.63, 3.8) is 0 Å². The summed E-state index contributed by atoms with van der Waals surface area (Å²) in [5, 5.41) is 16.2. The molecule has 6 nitrogen and oxygen atoms in total. The van der Waals surface area contributed by atoms with Gasteiger partial charge >= 0.3 is 5.69 Å². The highest BCUT2D eigenvalue weighted by molar-refractivity contribution is 8.93. The summed E-state index contributed by atoms with van der Waals surface area (Å²) >= 11 is 1.37. The minimum Gasteiger partial charge on any atom is -0.508 e. The maximum absolute atomic E-state index is 12.6. The van der Waals surface area contributed by atoms with Crippen molar-refractivity contribution in [2.75, 3.05) is 6.54 Å². The van der Waals surface area contributed by atoms with E-state index in [9.17, 15) is 14.7 Å². The molecule has 8 heteroatoms. The van der Waals surface area contributed by atoms with E-state index in [1.807, 2.05) is 11.4 Å².